The highest BCUT2D eigenvalue weighted by Crippen LogP contribution is 2.35. The van der Waals surface area contributed by atoms with Crippen LogP contribution in [0.15, 0.2) is 0 Å². The first-order chi connectivity index (χ1) is 15.9. The van der Waals surface area contributed by atoms with Gasteiger partial charge in [0, 0.05) is 12.2 Å². The molecule has 3 atom stereocenters. The molecule has 15 heteroatoms. The normalized spacial score (nSPS) is 19.8. The number of thiazole rings is 1. The van der Waals surface area contributed by atoms with E-state index in [2.05, 4.69) is 15.3 Å². The van der Waals surface area contributed by atoms with E-state index in [0.29, 0.717) is 17.0 Å². The topological polar surface area (TPSA) is 185 Å². The van der Waals surface area contributed by atoms with Crippen LogP contribution < -0.4 is 16.0 Å². The first kappa shape index (κ1) is 26.6. The van der Waals surface area contributed by atoms with E-state index in [4.69, 9.17) is 28.9 Å². The van der Waals surface area contributed by atoms with Gasteiger partial charge in [-0.1, -0.05) is 34.5 Å². The van der Waals surface area contributed by atoms with E-state index >= 15 is 0 Å². The van der Waals surface area contributed by atoms with E-state index in [-0.39, 0.29) is 51.0 Å². The summed E-state index contributed by atoms with van der Waals surface area (Å²) in [6.07, 6.45) is -3.14. The number of hydrogen-bond donors (Lipinski definition) is 7. The van der Waals surface area contributed by atoms with Crippen molar-refractivity contribution in [1.82, 2.24) is 15.3 Å². The second-order valence-corrected chi connectivity index (χ2v) is 9.78. The summed E-state index contributed by atoms with van der Waals surface area (Å²) in [5.74, 6) is -2.01. The van der Waals surface area contributed by atoms with Gasteiger partial charge in [-0.15, -0.1) is 0 Å². The molecule has 8 N–H and O–H groups in total. The summed E-state index contributed by atoms with van der Waals surface area (Å²) in [5.41, 5.74) is 4.05. The fourth-order valence-corrected chi connectivity index (χ4v) is 4.89. The molecule has 1 aliphatic rings. The van der Waals surface area contributed by atoms with Crippen molar-refractivity contribution in [3.05, 3.63) is 32.0 Å². The van der Waals surface area contributed by atoms with Crippen molar-refractivity contribution in [2.45, 2.75) is 37.2 Å². The van der Waals surface area contributed by atoms with Gasteiger partial charge in [-0.2, -0.15) is 0 Å². The summed E-state index contributed by atoms with van der Waals surface area (Å²) < 4.78 is 15.0. The van der Waals surface area contributed by atoms with Crippen LogP contribution in [0.1, 0.15) is 44.1 Å². The third-order valence-corrected chi connectivity index (χ3v) is 7.71. The molecule has 3 heterocycles. The van der Waals surface area contributed by atoms with Gasteiger partial charge in [0.15, 0.2) is 5.13 Å². The summed E-state index contributed by atoms with van der Waals surface area (Å²) in [6.45, 7) is -0.00595. The summed E-state index contributed by atoms with van der Waals surface area (Å²) >= 11 is 12.7. The Morgan fingerprint density at radius 3 is 2.53 bits per heavy atom. The van der Waals surface area contributed by atoms with E-state index in [9.17, 15) is 34.4 Å². The van der Waals surface area contributed by atoms with Crippen LogP contribution in [0.3, 0.4) is 0 Å². The maximum absolute atomic E-state index is 15.0. The van der Waals surface area contributed by atoms with Gasteiger partial charge in [0.25, 0.3) is 5.91 Å². The molecule has 1 aliphatic heterocycles. The Morgan fingerprint density at radius 2 is 2.03 bits per heavy atom. The van der Waals surface area contributed by atoms with Gasteiger partial charge in [-0.3, -0.25) is 4.79 Å². The molecule has 0 spiro atoms. The molecule has 1 amide bonds. The van der Waals surface area contributed by atoms with Crippen LogP contribution in [0.25, 0.3) is 0 Å². The number of hydrogen-bond acceptors (Lipinski definition) is 9. The van der Waals surface area contributed by atoms with Crippen molar-refractivity contribution in [2.24, 2.45) is 5.73 Å². The molecule has 3 rings (SSSR count). The number of aliphatic hydroxyl groups excluding tert-OH is 3. The molecule has 1 saturated heterocycles. The Kier molecular flexibility index (Phi) is 8.07. The largest absolute Gasteiger partial charge is 0.477 e. The quantitative estimate of drug-likeness (QED) is 0.255. The number of piperidine rings is 1. The maximum Gasteiger partial charge on any atom is 0.347 e. The molecule has 0 aliphatic carbocycles. The number of aromatic nitrogens is 2. The number of aromatic carboxylic acids is 1. The number of H-pyrrole nitrogens is 1. The number of aromatic amines is 1. The Hall–Kier alpha value is -2.00. The SMILES string of the molecule is Cc1[nH]c(C(=O)N[C@@H]2CCN(c3nc(C(O)C(N)(CO)CO)c(C(=O)O)s3)C[C@@H]2F)c(Cl)c1Cl. The molecule has 0 aromatic carbocycles. The minimum atomic E-state index is -1.92. The molecule has 1 unspecified atom stereocenters. The van der Waals surface area contributed by atoms with Crippen molar-refractivity contribution in [1.29, 1.82) is 0 Å². The number of amides is 1. The first-order valence-electron chi connectivity index (χ1n) is 10.1. The molecule has 0 radical (unpaired) electrons. The van der Waals surface area contributed by atoms with Gasteiger partial charge in [0.2, 0.25) is 0 Å². The summed E-state index contributed by atoms with van der Waals surface area (Å²) in [6, 6.07) is -0.841. The van der Waals surface area contributed by atoms with Gasteiger partial charge in [-0.25, -0.2) is 14.2 Å². The van der Waals surface area contributed by atoms with Crippen molar-refractivity contribution in [3.8, 4) is 0 Å². The van der Waals surface area contributed by atoms with Crippen molar-refractivity contribution in [2.75, 3.05) is 31.2 Å². The number of nitrogens with two attached hydrogens (primary N) is 1. The van der Waals surface area contributed by atoms with Crippen LogP contribution in [0, 0.1) is 6.92 Å². The predicted octanol–water partition coefficient (Wildman–Crippen LogP) is 0.847. The number of carbonyl (C=O) groups excluding carboxylic acids is 1. The lowest BCUT2D eigenvalue weighted by Crippen LogP contribution is -2.53. The van der Waals surface area contributed by atoms with Gasteiger partial charge in [-0.05, 0) is 13.3 Å². The molecular weight excluding hydrogens is 516 g/mol. The zero-order valence-electron chi connectivity index (χ0n) is 17.9. The lowest BCUT2D eigenvalue weighted by atomic mass is 9.92. The van der Waals surface area contributed by atoms with E-state index in [0.717, 1.165) is 0 Å². The number of carbonyl (C=O) groups is 2. The average molecular weight is 540 g/mol. The fraction of sp³-hybridized carbons (Fsp3) is 0.526. The van der Waals surface area contributed by atoms with Crippen LogP contribution in [-0.2, 0) is 0 Å². The van der Waals surface area contributed by atoms with Gasteiger partial charge in [0.1, 0.15) is 22.8 Å². The highest BCUT2D eigenvalue weighted by atomic mass is 35.5. The first-order valence-corrected chi connectivity index (χ1v) is 11.7. The minimum absolute atomic E-state index is 0.0292. The third-order valence-electron chi connectivity index (χ3n) is 5.64. The van der Waals surface area contributed by atoms with Gasteiger partial charge in [0.05, 0.1) is 47.1 Å². The number of alkyl halides is 1. The second-order valence-electron chi connectivity index (χ2n) is 8.05. The van der Waals surface area contributed by atoms with E-state index in [1.807, 2.05) is 0 Å². The van der Waals surface area contributed by atoms with E-state index in [1.165, 1.54) is 4.90 Å². The van der Waals surface area contributed by atoms with Crippen LogP contribution in [0.5, 0.6) is 0 Å². The third kappa shape index (κ3) is 5.00. The fourth-order valence-electron chi connectivity index (χ4n) is 3.50. The standard InChI is InChI=1S/C19H24Cl2FN5O6S/c1-7-10(20)11(21)12(24-7)16(31)25-9-2-3-27(4-8(9)22)18-26-13(14(34-18)17(32)33)15(30)19(23,5-28)6-29/h8-9,15,24,28-30H,2-6,23H2,1H3,(H,25,31)(H,32,33)/t8-,9+,15?/m0/s1. The molecule has 0 bridgehead atoms. The number of anilines is 1. The molecular formula is C19H24Cl2FN5O6S. The van der Waals surface area contributed by atoms with Crippen LogP contribution in [0.4, 0.5) is 9.52 Å². The van der Waals surface area contributed by atoms with Crippen molar-refractivity contribution >= 4 is 51.5 Å². The Labute approximate surface area is 207 Å². The number of rotatable bonds is 8. The number of aryl methyl sites for hydroxylation is 1. The summed E-state index contributed by atoms with van der Waals surface area (Å²) in [4.78, 5) is 32.2. The molecule has 1 fully saturated rings. The highest BCUT2D eigenvalue weighted by Gasteiger charge is 2.40. The highest BCUT2D eigenvalue weighted by molar-refractivity contribution is 7.17. The molecule has 0 saturated carbocycles. The number of carboxylic acid groups (broad SMARTS) is 1. The number of nitrogens with zero attached hydrogens (tertiary/aromatic N) is 2. The number of nitrogens with one attached hydrogen (secondary N) is 2. The Balaban J connectivity index is 1.75. The molecule has 188 valence electrons. The second kappa shape index (κ2) is 10.3. The number of carboxylic acids is 1. The maximum atomic E-state index is 15.0. The molecule has 2 aromatic rings. The zero-order valence-corrected chi connectivity index (χ0v) is 20.2. The summed E-state index contributed by atoms with van der Waals surface area (Å²) in [5, 5.41) is 41.8. The van der Waals surface area contributed by atoms with Crippen molar-refractivity contribution < 1.29 is 34.4 Å². The Bertz CT molecular complexity index is 1080. The lowest BCUT2D eigenvalue weighted by molar-refractivity contribution is 0.00383. The Morgan fingerprint density at radius 1 is 1.38 bits per heavy atom. The molecule has 2 aromatic heterocycles. The average Bonchev–Trinajstić information content (AvgIpc) is 3.37. The van der Waals surface area contributed by atoms with Gasteiger partial charge >= 0.3 is 5.97 Å². The predicted molar refractivity (Wildman–Crippen MR) is 124 cm³/mol. The number of halogens is 3. The lowest BCUT2D eigenvalue weighted by Gasteiger charge is -2.35. The monoisotopic (exact) mass is 539 g/mol. The van der Waals surface area contributed by atoms with Crippen LogP contribution in [-0.4, -0.2) is 86.3 Å². The van der Waals surface area contributed by atoms with Crippen LogP contribution in [0.2, 0.25) is 10.0 Å². The smallest absolute Gasteiger partial charge is 0.347 e. The van der Waals surface area contributed by atoms with Crippen molar-refractivity contribution in [3.63, 3.8) is 0 Å². The van der Waals surface area contributed by atoms with E-state index in [1.54, 1.807) is 6.92 Å². The molecule has 34 heavy (non-hydrogen) atoms. The van der Waals surface area contributed by atoms with Crippen LogP contribution >= 0.6 is 34.5 Å². The zero-order chi connectivity index (χ0) is 25.4. The van der Waals surface area contributed by atoms with Gasteiger partial charge < -0.3 is 41.4 Å². The van der Waals surface area contributed by atoms with E-state index < -0.39 is 48.9 Å². The summed E-state index contributed by atoms with van der Waals surface area (Å²) in [7, 11) is 0. The minimum Gasteiger partial charge on any atom is -0.477 e. The number of aliphatic hydroxyl groups is 3. The molecule has 11 nitrogen and oxygen atoms in total.